The summed E-state index contributed by atoms with van der Waals surface area (Å²) in [7, 11) is -4.13. The zero-order valence-corrected chi connectivity index (χ0v) is 9.24. The zero-order valence-electron chi connectivity index (χ0n) is 7.42. The molecular formula is C7H16O2SSi. The van der Waals surface area contributed by atoms with Crippen LogP contribution in [0.3, 0.4) is 0 Å². The van der Waals surface area contributed by atoms with Crippen molar-refractivity contribution < 1.29 is 8.42 Å². The maximum Gasteiger partial charge on any atom is 0.150 e. The number of hydrogen-bond donors (Lipinski definition) is 0. The Bertz CT molecular complexity index is 238. The fraction of sp³-hybridized carbons (Fsp3) is 1.00. The maximum absolute atomic E-state index is 11.4. The largest absolute Gasteiger partial charge is 0.229 e. The zero-order chi connectivity index (χ0) is 8.70. The summed E-state index contributed by atoms with van der Waals surface area (Å²) >= 11 is 0. The molecule has 0 spiro atoms. The van der Waals surface area contributed by atoms with Gasteiger partial charge in [-0.3, -0.25) is 0 Å². The maximum atomic E-state index is 11.4. The van der Waals surface area contributed by atoms with Gasteiger partial charge < -0.3 is 0 Å². The monoisotopic (exact) mass is 192 g/mol. The summed E-state index contributed by atoms with van der Waals surface area (Å²) in [6.45, 7) is 6.42. The van der Waals surface area contributed by atoms with Crippen LogP contribution < -0.4 is 0 Å². The van der Waals surface area contributed by atoms with Gasteiger partial charge in [0.2, 0.25) is 0 Å². The topological polar surface area (TPSA) is 34.1 Å². The first kappa shape index (κ1) is 9.26. The fourth-order valence-corrected chi connectivity index (χ4v) is 8.88. The molecule has 1 rings (SSSR count). The predicted molar refractivity (Wildman–Crippen MR) is 50.2 cm³/mol. The lowest BCUT2D eigenvalue weighted by Crippen LogP contribution is -2.41. The molecule has 1 heterocycles. The van der Waals surface area contributed by atoms with Crippen molar-refractivity contribution in [1.82, 2.24) is 0 Å². The van der Waals surface area contributed by atoms with E-state index in [0.717, 1.165) is 12.8 Å². The van der Waals surface area contributed by atoms with Crippen LogP contribution in [-0.4, -0.2) is 27.1 Å². The van der Waals surface area contributed by atoms with Crippen molar-refractivity contribution in [1.29, 1.82) is 0 Å². The highest BCUT2D eigenvalue weighted by atomic mass is 32.2. The van der Waals surface area contributed by atoms with Gasteiger partial charge >= 0.3 is 0 Å². The molecule has 1 fully saturated rings. The number of sulfone groups is 1. The predicted octanol–water partition coefficient (Wildman–Crippen LogP) is 1.44. The minimum Gasteiger partial charge on any atom is -0.229 e. The molecule has 1 aliphatic heterocycles. The van der Waals surface area contributed by atoms with Gasteiger partial charge in [-0.25, -0.2) is 8.42 Å². The second-order valence-electron chi connectivity index (χ2n) is 4.36. The third-order valence-corrected chi connectivity index (χ3v) is 9.67. The molecule has 1 saturated heterocycles. The summed E-state index contributed by atoms with van der Waals surface area (Å²) < 4.78 is 22.9. The van der Waals surface area contributed by atoms with Crippen molar-refractivity contribution in [3.05, 3.63) is 0 Å². The molecule has 0 saturated carbocycles. The molecule has 2 nitrogen and oxygen atoms in total. The van der Waals surface area contributed by atoms with Gasteiger partial charge in [0, 0.05) is 0 Å². The highest BCUT2D eigenvalue weighted by Gasteiger charge is 2.40. The highest BCUT2D eigenvalue weighted by molar-refractivity contribution is 7.94. The lowest BCUT2D eigenvalue weighted by atomic mass is 10.4. The Morgan fingerprint density at radius 3 is 2.00 bits per heavy atom. The lowest BCUT2D eigenvalue weighted by molar-refractivity contribution is 0.599. The van der Waals surface area contributed by atoms with Gasteiger partial charge in [-0.05, 0) is 12.8 Å². The van der Waals surface area contributed by atoms with Crippen molar-refractivity contribution in [3.63, 3.8) is 0 Å². The Labute approximate surface area is 69.9 Å². The lowest BCUT2D eigenvalue weighted by Gasteiger charge is -2.23. The third-order valence-electron chi connectivity index (χ3n) is 2.29. The molecule has 0 aromatic carbocycles. The van der Waals surface area contributed by atoms with Gasteiger partial charge in [-0.15, -0.1) is 0 Å². The first-order valence-electron chi connectivity index (χ1n) is 4.05. The van der Waals surface area contributed by atoms with E-state index in [4.69, 9.17) is 0 Å². The van der Waals surface area contributed by atoms with Crippen LogP contribution in [0.4, 0.5) is 0 Å². The fourth-order valence-electron chi connectivity index (χ4n) is 1.76. The molecule has 0 aromatic heterocycles. The highest BCUT2D eigenvalue weighted by Crippen LogP contribution is 2.27. The van der Waals surface area contributed by atoms with Gasteiger partial charge in [-0.1, -0.05) is 19.6 Å². The summed E-state index contributed by atoms with van der Waals surface area (Å²) in [5.41, 5.74) is 0. The molecule has 11 heavy (non-hydrogen) atoms. The van der Waals surface area contributed by atoms with Crippen LogP contribution in [0.25, 0.3) is 0 Å². The summed E-state index contributed by atoms with van der Waals surface area (Å²) in [5, 5.41) is 0. The van der Waals surface area contributed by atoms with Crippen LogP contribution in [0, 0.1) is 0 Å². The summed E-state index contributed by atoms with van der Waals surface area (Å²) in [4.78, 5) is 0.0370. The average Bonchev–Trinajstić information content (AvgIpc) is 2.06. The van der Waals surface area contributed by atoms with Gasteiger partial charge in [0.15, 0.2) is 9.84 Å². The van der Waals surface area contributed by atoms with Crippen molar-refractivity contribution in [2.24, 2.45) is 0 Å². The van der Waals surface area contributed by atoms with Gasteiger partial charge in [-0.2, -0.15) is 0 Å². The van der Waals surface area contributed by atoms with Crippen molar-refractivity contribution >= 4 is 17.9 Å². The molecule has 4 heteroatoms. The molecular weight excluding hydrogens is 176 g/mol. The molecule has 0 N–H and O–H groups in total. The van der Waals surface area contributed by atoms with Crippen LogP contribution in [0.2, 0.25) is 19.6 Å². The Kier molecular flexibility index (Phi) is 2.18. The molecule has 1 unspecified atom stereocenters. The SMILES string of the molecule is C[Si](C)(C)C1CCCS1(=O)=O. The molecule has 1 atom stereocenters. The van der Waals surface area contributed by atoms with E-state index in [1.54, 1.807) is 0 Å². The number of rotatable bonds is 1. The van der Waals surface area contributed by atoms with E-state index in [2.05, 4.69) is 19.6 Å². The smallest absolute Gasteiger partial charge is 0.150 e. The molecule has 66 valence electrons. The Morgan fingerprint density at radius 1 is 1.27 bits per heavy atom. The second kappa shape index (κ2) is 2.59. The van der Waals surface area contributed by atoms with Gasteiger partial charge in [0.1, 0.15) is 0 Å². The quantitative estimate of drug-likeness (QED) is 0.589. The van der Waals surface area contributed by atoms with E-state index in [0.29, 0.717) is 5.75 Å². The first-order valence-corrected chi connectivity index (χ1v) is 9.35. The van der Waals surface area contributed by atoms with E-state index in [1.165, 1.54) is 0 Å². The van der Waals surface area contributed by atoms with Gasteiger partial charge in [0.05, 0.1) is 18.7 Å². The molecule has 0 amide bonds. The standard InChI is InChI=1S/C7H16O2SSi/c1-11(2,3)7-5-4-6-10(7,8)9/h7H,4-6H2,1-3H3. The summed E-state index contributed by atoms with van der Waals surface area (Å²) in [6, 6.07) is 0. The van der Waals surface area contributed by atoms with Gasteiger partial charge in [0.25, 0.3) is 0 Å². The molecule has 0 bridgehead atoms. The van der Waals surface area contributed by atoms with E-state index in [9.17, 15) is 8.42 Å². The molecule has 1 aliphatic rings. The number of hydrogen-bond acceptors (Lipinski definition) is 2. The Balaban J connectivity index is 2.91. The minimum absolute atomic E-state index is 0.0370. The van der Waals surface area contributed by atoms with Crippen molar-refractivity contribution in [3.8, 4) is 0 Å². The van der Waals surface area contributed by atoms with E-state index in [1.807, 2.05) is 0 Å². The van der Waals surface area contributed by atoms with Crippen LogP contribution in [0.15, 0.2) is 0 Å². The summed E-state index contributed by atoms with van der Waals surface area (Å²) in [6.07, 6.45) is 1.80. The normalized spacial score (nSPS) is 30.6. The third kappa shape index (κ3) is 1.85. The molecule has 0 radical (unpaired) electrons. The van der Waals surface area contributed by atoms with E-state index in [-0.39, 0.29) is 4.87 Å². The average molecular weight is 192 g/mol. The van der Waals surface area contributed by atoms with Crippen LogP contribution >= 0.6 is 0 Å². The Hall–Kier alpha value is 0.167. The first-order chi connectivity index (χ1) is 4.84. The molecule has 0 aliphatic carbocycles. The van der Waals surface area contributed by atoms with E-state index >= 15 is 0 Å². The molecule has 0 aromatic rings. The van der Waals surface area contributed by atoms with E-state index < -0.39 is 17.9 Å². The van der Waals surface area contributed by atoms with Crippen LogP contribution in [0.5, 0.6) is 0 Å². The van der Waals surface area contributed by atoms with Crippen LogP contribution in [-0.2, 0) is 9.84 Å². The van der Waals surface area contributed by atoms with Crippen molar-refractivity contribution in [2.45, 2.75) is 37.4 Å². The Morgan fingerprint density at radius 2 is 1.82 bits per heavy atom. The van der Waals surface area contributed by atoms with Crippen molar-refractivity contribution in [2.75, 3.05) is 5.75 Å². The second-order valence-corrected chi connectivity index (χ2v) is 12.5. The van der Waals surface area contributed by atoms with Crippen LogP contribution in [0.1, 0.15) is 12.8 Å². The summed E-state index contributed by atoms with van der Waals surface area (Å²) in [5.74, 6) is 0.432. The minimum atomic E-state index is -2.68.